The summed E-state index contributed by atoms with van der Waals surface area (Å²) in [6.45, 7) is 1.74. The molecule has 0 aromatic carbocycles. The van der Waals surface area contributed by atoms with Crippen molar-refractivity contribution in [3.8, 4) is 0 Å². The van der Waals surface area contributed by atoms with Crippen molar-refractivity contribution in [1.82, 2.24) is 5.32 Å². The van der Waals surface area contributed by atoms with Gasteiger partial charge in [0.05, 0.1) is 4.92 Å². The van der Waals surface area contributed by atoms with Crippen molar-refractivity contribution in [2.24, 2.45) is 0 Å². The Balaban J connectivity index is 1.82. The van der Waals surface area contributed by atoms with E-state index in [1.807, 2.05) is 17.8 Å². The Morgan fingerprint density at radius 2 is 2.22 bits per heavy atom. The fourth-order valence-corrected chi connectivity index (χ4v) is 4.18. The molecule has 1 heterocycles. The van der Waals surface area contributed by atoms with Gasteiger partial charge in [0, 0.05) is 28.8 Å². The third-order valence-corrected chi connectivity index (χ3v) is 5.98. The zero-order valence-corrected chi connectivity index (χ0v) is 12.1. The Labute approximate surface area is 115 Å². The van der Waals surface area contributed by atoms with Crippen LogP contribution in [0.15, 0.2) is 12.1 Å². The lowest BCUT2D eigenvalue weighted by atomic mass is 10.1. The lowest BCUT2D eigenvalue weighted by Crippen LogP contribution is -2.34. The van der Waals surface area contributed by atoms with Crippen LogP contribution in [0.3, 0.4) is 0 Å². The topological polar surface area (TPSA) is 55.2 Å². The smallest absolute Gasteiger partial charge is 0.310 e. The average molecular weight is 286 g/mol. The van der Waals surface area contributed by atoms with E-state index in [1.54, 1.807) is 6.07 Å². The van der Waals surface area contributed by atoms with Gasteiger partial charge in [0.15, 0.2) is 0 Å². The molecule has 1 aliphatic rings. The third-order valence-electron chi connectivity index (χ3n) is 3.52. The fraction of sp³-hybridized carbons (Fsp3) is 0.667. The van der Waals surface area contributed by atoms with Gasteiger partial charge in [0.2, 0.25) is 0 Å². The first-order valence-electron chi connectivity index (χ1n) is 6.14. The molecule has 0 bridgehead atoms. The van der Waals surface area contributed by atoms with E-state index in [1.165, 1.54) is 37.0 Å². The fourth-order valence-electron chi connectivity index (χ4n) is 2.45. The summed E-state index contributed by atoms with van der Waals surface area (Å²) in [7, 11) is 0. The molecule has 0 aliphatic heterocycles. The number of hydrogen-bond donors (Lipinski definition) is 1. The minimum Gasteiger partial charge on any atom is -0.310 e. The molecule has 6 heteroatoms. The highest BCUT2D eigenvalue weighted by Gasteiger charge is 2.32. The maximum atomic E-state index is 10.6. The monoisotopic (exact) mass is 286 g/mol. The summed E-state index contributed by atoms with van der Waals surface area (Å²) in [6, 6.07) is 3.43. The first-order chi connectivity index (χ1) is 8.65. The summed E-state index contributed by atoms with van der Waals surface area (Å²) in [5.74, 6) is 0. The molecule has 4 nitrogen and oxygen atoms in total. The molecule has 1 aliphatic carbocycles. The average Bonchev–Trinajstić information content (AvgIpc) is 2.98. The van der Waals surface area contributed by atoms with Crippen molar-refractivity contribution >= 4 is 28.1 Å². The molecule has 0 saturated heterocycles. The van der Waals surface area contributed by atoms with E-state index in [9.17, 15) is 10.1 Å². The van der Waals surface area contributed by atoms with Crippen LogP contribution < -0.4 is 5.32 Å². The number of thiophene rings is 1. The molecular formula is C12H18N2O2S2. The summed E-state index contributed by atoms with van der Waals surface area (Å²) in [5, 5.41) is 14.3. The third kappa shape index (κ3) is 3.24. The second kappa shape index (κ2) is 6.04. The minimum atomic E-state index is -0.325. The summed E-state index contributed by atoms with van der Waals surface area (Å²) >= 11 is 3.22. The van der Waals surface area contributed by atoms with Gasteiger partial charge >= 0.3 is 5.00 Å². The summed E-state index contributed by atoms with van der Waals surface area (Å²) in [6.07, 6.45) is 7.40. The van der Waals surface area contributed by atoms with E-state index in [2.05, 4.69) is 11.6 Å². The Bertz CT molecular complexity index is 414. The molecule has 1 aromatic rings. The van der Waals surface area contributed by atoms with Crippen molar-refractivity contribution in [3.63, 3.8) is 0 Å². The second-order valence-corrected chi connectivity index (χ2v) is 7.12. The molecule has 1 N–H and O–H groups in total. The molecule has 0 spiro atoms. The standard InChI is InChI=1S/C12H18N2O2S2/c1-17-12(6-2-3-7-12)9-13-8-10-4-5-11(18-10)14(15)16/h4-5,13H,2-3,6-9H2,1H3. The van der Waals surface area contributed by atoms with Crippen molar-refractivity contribution < 1.29 is 4.92 Å². The molecule has 0 radical (unpaired) electrons. The Morgan fingerprint density at radius 1 is 1.50 bits per heavy atom. The van der Waals surface area contributed by atoms with E-state index in [4.69, 9.17) is 0 Å². The highest BCUT2D eigenvalue weighted by molar-refractivity contribution is 8.00. The highest BCUT2D eigenvalue weighted by atomic mass is 32.2. The quantitative estimate of drug-likeness (QED) is 0.643. The van der Waals surface area contributed by atoms with Crippen molar-refractivity contribution in [2.75, 3.05) is 12.8 Å². The molecule has 18 heavy (non-hydrogen) atoms. The Hall–Kier alpha value is -0.590. The predicted molar refractivity (Wildman–Crippen MR) is 77.4 cm³/mol. The number of hydrogen-bond acceptors (Lipinski definition) is 5. The predicted octanol–water partition coefficient (Wildman–Crippen LogP) is 3.42. The van der Waals surface area contributed by atoms with Crippen LogP contribution in [0.25, 0.3) is 0 Å². The van der Waals surface area contributed by atoms with E-state index < -0.39 is 0 Å². The number of rotatable bonds is 6. The zero-order chi connectivity index (χ0) is 13.0. The maximum Gasteiger partial charge on any atom is 0.324 e. The van der Waals surface area contributed by atoms with E-state index >= 15 is 0 Å². The van der Waals surface area contributed by atoms with Gasteiger partial charge < -0.3 is 5.32 Å². The summed E-state index contributed by atoms with van der Waals surface area (Å²) in [5.41, 5.74) is 0. The molecule has 100 valence electrons. The zero-order valence-electron chi connectivity index (χ0n) is 10.5. The molecule has 2 rings (SSSR count). The van der Waals surface area contributed by atoms with Crippen LogP contribution in [0.2, 0.25) is 0 Å². The molecule has 0 amide bonds. The molecule has 1 saturated carbocycles. The van der Waals surface area contributed by atoms with Gasteiger partial charge in [0.25, 0.3) is 0 Å². The van der Waals surface area contributed by atoms with Gasteiger partial charge in [-0.25, -0.2) is 0 Å². The van der Waals surface area contributed by atoms with Crippen LogP contribution in [0.1, 0.15) is 30.6 Å². The number of nitrogens with zero attached hydrogens (tertiary/aromatic N) is 1. The van der Waals surface area contributed by atoms with E-state index in [0.717, 1.165) is 18.0 Å². The number of thioether (sulfide) groups is 1. The highest BCUT2D eigenvalue weighted by Crippen LogP contribution is 2.39. The van der Waals surface area contributed by atoms with Gasteiger partial charge in [0.1, 0.15) is 0 Å². The Kier molecular flexibility index (Phi) is 4.64. The summed E-state index contributed by atoms with van der Waals surface area (Å²) < 4.78 is 0.392. The second-order valence-electron chi connectivity index (χ2n) is 4.69. The lowest BCUT2D eigenvalue weighted by molar-refractivity contribution is -0.380. The maximum absolute atomic E-state index is 10.6. The van der Waals surface area contributed by atoms with Crippen LogP contribution in [-0.2, 0) is 6.54 Å². The van der Waals surface area contributed by atoms with E-state index in [-0.39, 0.29) is 9.92 Å². The normalized spacial score (nSPS) is 18.1. The first-order valence-corrected chi connectivity index (χ1v) is 8.18. The van der Waals surface area contributed by atoms with Crippen LogP contribution in [0, 0.1) is 10.1 Å². The van der Waals surface area contributed by atoms with Gasteiger partial charge in [-0.15, -0.1) is 0 Å². The molecule has 0 atom stereocenters. The van der Waals surface area contributed by atoms with Crippen molar-refractivity contribution in [1.29, 1.82) is 0 Å². The molecule has 1 fully saturated rings. The number of nitro groups is 1. The van der Waals surface area contributed by atoms with Crippen molar-refractivity contribution in [2.45, 2.75) is 37.0 Å². The largest absolute Gasteiger partial charge is 0.324 e. The summed E-state index contributed by atoms with van der Waals surface area (Å²) in [4.78, 5) is 11.3. The molecular weight excluding hydrogens is 268 g/mol. The first kappa shape index (κ1) is 13.8. The Morgan fingerprint density at radius 3 is 2.78 bits per heavy atom. The minimum absolute atomic E-state index is 0.229. The van der Waals surface area contributed by atoms with Crippen LogP contribution in [0.5, 0.6) is 0 Å². The lowest BCUT2D eigenvalue weighted by Gasteiger charge is -2.26. The van der Waals surface area contributed by atoms with Crippen LogP contribution in [-0.4, -0.2) is 22.5 Å². The molecule has 1 aromatic heterocycles. The van der Waals surface area contributed by atoms with Gasteiger partial charge in [-0.3, -0.25) is 10.1 Å². The molecule has 0 unspecified atom stereocenters. The SMILES string of the molecule is CSC1(CNCc2ccc([N+](=O)[O-])s2)CCCC1. The van der Waals surface area contributed by atoms with Crippen LogP contribution in [0.4, 0.5) is 5.00 Å². The van der Waals surface area contributed by atoms with Gasteiger partial charge in [-0.05, 0) is 25.2 Å². The van der Waals surface area contributed by atoms with Gasteiger partial charge in [-0.2, -0.15) is 11.8 Å². The van der Waals surface area contributed by atoms with Gasteiger partial charge in [-0.1, -0.05) is 24.2 Å². The van der Waals surface area contributed by atoms with E-state index in [0.29, 0.717) is 4.75 Å². The number of nitrogens with one attached hydrogen (secondary N) is 1. The van der Waals surface area contributed by atoms with Crippen LogP contribution >= 0.6 is 23.1 Å². The van der Waals surface area contributed by atoms with Crippen molar-refractivity contribution in [3.05, 3.63) is 27.1 Å².